The summed E-state index contributed by atoms with van der Waals surface area (Å²) in [5.74, 6) is 1.62. The van der Waals surface area contributed by atoms with Crippen molar-refractivity contribution in [3.05, 3.63) is 46.0 Å². The lowest BCUT2D eigenvalue weighted by Crippen LogP contribution is -2.33. The van der Waals surface area contributed by atoms with Gasteiger partial charge in [0, 0.05) is 19.5 Å². The second kappa shape index (κ2) is 9.98. The van der Waals surface area contributed by atoms with Gasteiger partial charge in [-0.15, -0.1) is 0 Å². The van der Waals surface area contributed by atoms with E-state index < -0.39 is 0 Å². The number of aromatic nitrogens is 3. The van der Waals surface area contributed by atoms with Crippen LogP contribution in [0.5, 0.6) is 0 Å². The molecule has 28 heavy (non-hydrogen) atoms. The van der Waals surface area contributed by atoms with Gasteiger partial charge in [0.15, 0.2) is 4.77 Å². The summed E-state index contributed by atoms with van der Waals surface area (Å²) in [7, 11) is 0. The van der Waals surface area contributed by atoms with Gasteiger partial charge in [-0.1, -0.05) is 38.1 Å². The lowest BCUT2D eigenvalue weighted by atomic mass is 9.98. The van der Waals surface area contributed by atoms with E-state index >= 15 is 0 Å². The Hall–Kier alpha value is -1.99. The molecule has 1 amide bonds. The van der Waals surface area contributed by atoms with E-state index in [1.807, 2.05) is 6.07 Å². The van der Waals surface area contributed by atoms with Crippen LogP contribution in [0.4, 0.5) is 0 Å². The molecule has 7 heteroatoms. The number of rotatable bonds is 8. The van der Waals surface area contributed by atoms with Crippen molar-refractivity contribution in [1.29, 1.82) is 0 Å². The van der Waals surface area contributed by atoms with E-state index in [1.165, 1.54) is 24.0 Å². The van der Waals surface area contributed by atoms with Gasteiger partial charge in [0.1, 0.15) is 12.4 Å². The molecule has 0 atom stereocenters. The Balaban J connectivity index is 1.58. The molecule has 1 aliphatic rings. The molecule has 2 aromatic rings. The maximum atomic E-state index is 12.5. The van der Waals surface area contributed by atoms with Crippen LogP contribution in [0.2, 0.25) is 0 Å². The molecule has 152 valence electrons. The van der Waals surface area contributed by atoms with Gasteiger partial charge in [-0.2, -0.15) is 5.10 Å². The van der Waals surface area contributed by atoms with Gasteiger partial charge in [0.25, 0.3) is 0 Å². The molecule has 0 unspecified atom stereocenters. The summed E-state index contributed by atoms with van der Waals surface area (Å²) < 4.78 is 2.29. The number of hydrogen-bond acceptors (Lipinski definition) is 4. The highest BCUT2D eigenvalue weighted by atomic mass is 32.1. The van der Waals surface area contributed by atoms with Gasteiger partial charge in [0.05, 0.1) is 0 Å². The Labute approximate surface area is 172 Å². The predicted octanol–water partition coefficient (Wildman–Crippen LogP) is 3.44. The number of aromatic amines is 1. The Morgan fingerprint density at radius 3 is 2.71 bits per heavy atom. The topological polar surface area (TPSA) is 66.0 Å². The molecule has 3 rings (SSSR count). The molecule has 1 fully saturated rings. The Morgan fingerprint density at radius 1 is 1.29 bits per heavy atom. The highest BCUT2D eigenvalue weighted by Crippen LogP contribution is 2.19. The van der Waals surface area contributed by atoms with E-state index in [4.69, 9.17) is 12.2 Å². The second-order valence-electron chi connectivity index (χ2n) is 7.79. The molecule has 1 aromatic carbocycles. The van der Waals surface area contributed by atoms with Crippen molar-refractivity contribution in [2.45, 2.75) is 59.2 Å². The third-order valence-electron chi connectivity index (χ3n) is 5.48. The minimum Gasteiger partial charge on any atom is -0.350 e. The number of nitrogens with one attached hydrogen (secondary N) is 2. The fraction of sp³-hybridized carbons (Fsp3) is 0.571. The average molecular weight is 402 g/mol. The van der Waals surface area contributed by atoms with E-state index in [2.05, 4.69) is 52.5 Å². The Kier molecular flexibility index (Phi) is 7.39. The van der Waals surface area contributed by atoms with Crippen molar-refractivity contribution >= 4 is 18.1 Å². The summed E-state index contributed by atoms with van der Waals surface area (Å²) in [6.07, 6.45) is 4.30. The van der Waals surface area contributed by atoms with Gasteiger partial charge in [0.2, 0.25) is 5.91 Å². The molecule has 0 radical (unpaired) electrons. The maximum Gasteiger partial charge on any atom is 0.240 e. The number of H-pyrrole nitrogens is 1. The number of hydrogen-bond donors (Lipinski definition) is 2. The van der Waals surface area contributed by atoms with Crippen LogP contribution in [0.1, 0.15) is 50.1 Å². The van der Waals surface area contributed by atoms with Gasteiger partial charge in [-0.3, -0.25) is 19.4 Å². The van der Waals surface area contributed by atoms with E-state index in [-0.39, 0.29) is 12.5 Å². The van der Waals surface area contributed by atoms with E-state index in [0.29, 0.717) is 11.3 Å². The number of nitrogens with zero attached hydrogens (tertiary/aromatic N) is 3. The minimum absolute atomic E-state index is 0.0450. The molecule has 1 aromatic heterocycles. The van der Waals surface area contributed by atoms with E-state index in [9.17, 15) is 4.79 Å². The number of carbonyl (C=O) groups is 1. The largest absolute Gasteiger partial charge is 0.350 e. The average Bonchev–Trinajstić information content (AvgIpc) is 3.03. The number of likely N-dealkylation sites (tertiary alicyclic amines) is 1. The third-order valence-corrected chi connectivity index (χ3v) is 5.79. The van der Waals surface area contributed by atoms with Crippen molar-refractivity contribution in [3.8, 4) is 0 Å². The molecule has 2 N–H and O–H groups in total. The zero-order valence-corrected chi connectivity index (χ0v) is 17.7. The molecular weight excluding hydrogens is 370 g/mol. The van der Waals surface area contributed by atoms with Crippen LogP contribution in [0, 0.1) is 10.7 Å². The molecular formula is C21H31N5OS. The standard InChI is InChI=1S/C21H31N5OS/c1-3-6-19-23-24-21(28)26(19)15-20(27)22-13-17-7-4-5-8-18(17)14-25-11-9-16(2)10-12-25/h4-5,7-8,16H,3,6,9-15H2,1-2H3,(H,22,27)(H,24,28). The van der Waals surface area contributed by atoms with Crippen molar-refractivity contribution in [2.24, 2.45) is 5.92 Å². The van der Waals surface area contributed by atoms with E-state index in [1.54, 1.807) is 4.57 Å². The van der Waals surface area contributed by atoms with Crippen LogP contribution in [0.25, 0.3) is 0 Å². The molecule has 0 spiro atoms. The van der Waals surface area contributed by atoms with Gasteiger partial charge in [-0.25, -0.2) is 0 Å². The first-order valence-electron chi connectivity index (χ1n) is 10.3. The number of carbonyl (C=O) groups excluding carboxylic acids is 1. The van der Waals surface area contributed by atoms with Crippen LogP contribution in [0.3, 0.4) is 0 Å². The molecule has 6 nitrogen and oxygen atoms in total. The summed E-state index contributed by atoms with van der Waals surface area (Å²) in [5, 5.41) is 10.1. The summed E-state index contributed by atoms with van der Waals surface area (Å²) in [5.41, 5.74) is 2.47. The van der Waals surface area contributed by atoms with E-state index in [0.717, 1.165) is 44.2 Å². The molecule has 0 bridgehead atoms. The Morgan fingerprint density at radius 2 is 2.00 bits per heavy atom. The number of piperidine rings is 1. The summed E-state index contributed by atoms with van der Waals surface area (Å²) in [6, 6.07) is 8.39. The molecule has 1 aliphatic heterocycles. The monoisotopic (exact) mass is 401 g/mol. The van der Waals surface area contributed by atoms with Crippen molar-refractivity contribution in [1.82, 2.24) is 25.0 Å². The zero-order chi connectivity index (χ0) is 19.9. The lowest BCUT2D eigenvalue weighted by Gasteiger charge is -2.30. The third kappa shape index (κ3) is 5.52. The Bertz CT molecular complexity index is 835. The van der Waals surface area contributed by atoms with Crippen LogP contribution >= 0.6 is 12.2 Å². The van der Waals surface area contributed by atoms with Gasteiger partial charge >= 0.3 is 0 Å². The molecule has 1 saturated heterocycles. The predicted molar refractivity (Wildman–Crippen MR) is 113 cm³/mol. The highest BCUT2D eigenvalue weighted by Gasteiger charge is 2.17. The molecule has 0 aliphatic carbocycles. The normalized spacial score (nSPS) is 15.6. The van der Waals surface area contributed by atoms with Crippen molar-refractivity contribution < 1.29 is 4.79 Å². The molecule has 2 heterocycles. The molecule has 0 saturated carbocycles. The fourth-order valence-corrected chi connectivity index (χ4v) is 3.88. The van der Waals surface area contributed by atoms with Crippen LogP contribution < -0.4 is 5.32 Å². The first-order chi connectivity index (χ1) is 13.6. The fourth-order valence-electron chi connectivity index (χ4n) is 3.67. The first-order valence-corrected chi connectivity index (χ1v) is 10.7. The zero-order valence-electron chi connectivity index (χ0n) is 16.9. The number of amides is 1. The maximum absolute atomic E-state index is 12.5. The summed E-state index contributed by atoms with van der Waals surface area (Å²) in [6.45, 7) is 8.42. The van der Waals surface area contributed by atoms with Crippen LogP contribution in [0.15, 0.2) is 24.3 Å². The SMILES string of the molecule is CCCc1n[nH]c(=S)n1CC(=O)NCc1ccccc1CN1CCC(C)CC1. The lowest BCUT2D eigenvalue weighted by molar-refractivity contribution is -0.121. The highest BCUT2D eigenvalue weighted by molar-refractivity contribution is 7.71. The smallest absolute Gasteiger partial charge is 0.240 e. The van der Waals surface area contributed by atoms with Crippen LogP contribution in [-0.2, 0) is 30.8 Å². The van der Waals surface area contributed by atoms with Gasteiger partial charge in [-0.05, 0) is 61.6 Å². The quantitative estimate of drug-likeness (QED) is 0.665. The summed E-state index contributed by atoms with van der Waals surface area (Å²) >= 11 is 5.26. The minimum atomic E-state index is -0.0450. The van der Waals surface area contributed by atoms with Gasteiger partial charge < -0.3 is 5.32 Å². The number of aryl methyl sites for hydroxylation is 1. The van der Waals surface area contributed by atoms with Crippen molar-refractivity contribution in [2.75, 3.05) is 13.1 Å². The first kappa shape index (κ1) is 20.7. The van der Waals surface area contributed by atoms with Crippen molar-refractivity contribution in [3.63, 3.8) is 0 Å². The van der Waals surface area contributed by atoms with Crippen LogP contribution in [-0.4, -0.2) is 38.7 Å². The second-order valence-corrected chi connectivity index (χ2v) is 8.17. The number of benzene rings is 1. The summed E-state index contributed by atoms with van der Waals surface area (Å²) in [4.78, 5) is 15.0.